The molecule has 2 aliphatic rings. The van der Waals surface area contributed by atoms with Crippen LogP contribution in [-0.4, -0.2) is 17.1 Å². The number of H-pyrrole nitrogens is 1. The first kappa shape index (κ1) is 15.0. The first-order valence-electron chi connectivity index (χ1n) is 8.35. The summed E-state index contributed by atoms with van der Waals surface area (Å²) in [7, 11) is 0. The van der Waals surface area contributed by atoms with E-state index in [1.165, 1.54) is 19.3 Å². The molecule has 1 aromatic carbocycles. The Hall–Kier alpha value is -1.52. The van der Waals surface area contributed by atoms with E-state index in [0.717, 1.165) is 18.2 Å². The fraction of sp³-hybridized carbons (Fsp3) is 0.500. The largest absolute Gasteiger partial charge is 0.488 e. The van der Waals surface area contributed by atoms with Crippen molar-refractivity contribution in [2.24, 2.45) is 17.6 Å². The molecule has 5 heteroatoms. The summed E-state index contributed by atoms with van der Waals surface area (Å²) in [5, 5.41) is 1.95. The van der Waals surface area contributed by atoms with E-state index in [-0.39, 0.29) is 11.7 Å². The van der Waals surface area contributed by atoms with Gasteiger partial charge in [-0.2, -0.15) is 0 Å². The second kappa shape index (κ2) is 5.84. The molecule has 2 saturated carbocycles. The van der Waals surface area contributed by atoms with Crippen molar-refractivity contribution in [1.29, 1.82) is 0 Å². The summed E-state index contributed by atoms with van der Waals surface area (Å²) in [4.78, 5) is 14.5. The van der Waals surface area contributed by atoms with Gasteiger partial charge in [0.25, 0.3) is 5.56 Å². The molecule has 0 saturated heterocycles. The van der Waals surface area contributed by atoms with Gasteiger partial charge in [0.05, 0.1) is 5.02 Å². The van der Waals surface area contributed by atoms with Gasteiger partial charge in [0.15, 0.2) is 0 Å². The highest BCUT2D eigenvalue weighted by molar-refractivity contribution is 6.32. The molecule has 3 N–H and O–H groups in total. The minimum Gasteiger partial charge on any atom is -0.488 e. The van der Waals surface area contributed by atoms with Crippen LogP contribution >= 0.6 is 11.6 Å². The highest BCUT2D eigenvalue weighted by Gasteiger charge is 2.41. The average molecular weight is 333 g/mol. The van der Waals surface area contributed by atoms with Crippen molar-refractivity contribution in [3.05, 3.63) is 39.8 Å². The van der Waals surface area contributed by atoms with Crippen LogP contribution in [0.3, 0.4) is 0 Å². The Bertz CT molecular complexity index is 774. The molecule has 23 heavy (non-hydrogen) atoms. The smallest absolute Gasteiger partial charge is 0.255 e. The predicted octanol–water partition coefficient (Wildman–Crippen LogP) is 3.47. The molecule has 4 atom stereocenters. The third-order valence-electron chi connectivity index (χ3n) is 5.38. The van der Waals surface area contributed by atoms with E-state index < -0.39 is 0 Å². The molecule has 4 nitrogen and oxygen atoms in total. The van der Waals surface area contributed by atoms with Gasteiger partial charge in [-0.15, -0.1) is 0 Å². The molecular weight excluding hydrogens is 312 g/mol. The summed E-state index contributed by atoms with van der Waals surface area (Å²) in [5.74, 6) is 1.72. The summed E-state index contributed by atoms with van der Waals surface area (Å²) in [5.41, 5.74) is 6.05. The van der Waals surface area contributed by atoms with Crippen molar-refractivity contribution in [3.63, 3.8) is 0 Å². The van der Waals surface area contributed by atoms with Gasteiger partial charge in [-0.25, -0.2) is 0 Å². The van der Waals surface area contributed by atoms with E-state index >= 15 is 0 Å². The lowest BCUT2D eigenvalue weighted by Crippen LogP contribution is -2.48. The molecule has 1 unspecified atom stereocenters. The third-order valence-corrected chi connectivity index (χ3v) is 5.67. The summed E-state index contributed by atoms with van der Waals surface area (Å²) in [6.45, 7) is 0. The zero-order valence-electron chi connectivity index (χ0n) is 12.9. The normalized spacial score (nSPS) is 30.3. The Kier molecular flexibility index (Phi) is 3.82. The zero-order valence-corrected chi connectivity index (χ0v) is 13.7. The highest BCUT2D eigenvalue weighted by Crippen LogP contribution is 2.43. The molecule has 0 amide bonds. The highest BCUT2D eigenvalue weighted by atomic mass is 35.5. The summed E-state index contributed by atoms with van der Waals surface area (Å²) < 4.78 is 6.35. The molecule has 0 aliphatic heterocycles. The number of aromatic nitrogens is 1. The van der Waals surface area contributed by atoms with Crippen molar-refractivity contribution in [3.8, 4) is 5.75 Å². The summed E-state index contributed by atoms with van der Waals surface area (Å²) in [6, 6.07) is 5.76. The SMILES string of the molecule is N[C@@H]1C[C@H]2CCC[C@@H](C1)C2Oc1cc2cc[nH]c(=O)c2cc1Cl. The van der Waals surface area contributed by atoms with E-state index in [1.807, 2.05) is 12.1 Å². The Morgan fingerprint density at radius 1 is 1.22 bits per heavy atom. The van der Waals surface area contributed by atoms with Crippen LogP contribution in [0.4, 0.5) is 0 Å². The van der Waals surface area contributed by atoms with Crippen molar-refractivity contribution in [2.75, 3.05) is 0 Å². The van der Waals surface area contributed by atoms with Crippen LogP contribution in [0.5, 0.6) is 5.75 Å². The zero-order chi connectivity index (χ0) is 16.0. The maximum atomic E-state index is 11.9. The van der Waals surface area contributed by atoms with Crippen LogP contribution < -0.4 is 16.0 Å². The molecule has 1 heterocycles. The topological polar surface area (TPSA) is 68.1 Å². The first-order valence-corrected chi connectivity index (χ1v) is 8.73. The number of halogens is 1. The monoisotopic (exact) mass is 332 g/mol. The molecule has 2 aromatic rings. The standard InChI is InChI=1S/C18H21ClN2O2/c19-15-9-14-10(4-5-21-18(14)22)8-16(15)23-17-11-2-1-3-12(17)7-13(20)6-11/h4-5,8-9,11-13,17H,1-3,6-7,20H2,(H,21,22)/t11-,12+,13-,17?. The number of hydrogen-bond acceptors (Lipinski definition) is 3. The fourth-order valence-corrected chi connectivity index (χ4v) is 4.56. The fourth-order valence-electron chi connectivity index (χ4n) is 4.35. The average Bonchev–Trinajstić information content (AvgIpc) is 2.50. The Labute approximate surface area is 140 Å². The van der Waals surface area contributed by atoms with Gasteiger partial charge < -0.3 is 15.5 Å². The Balaban J connectivity index is 1.67. The number of nitrogens with two attached hydrogens (primary N) is 1. The van der Waals surface area contributed by atoms with E-state index in [4.69, 9.17) is 22.1 Å². The molecule has 1 aromatic heterocycles. The predicted molar refractivity (Wildman–Crippen MR) is 92.0 cm³/mol. The maximum Gasteiger partial charge on any atom is 0.255 e. The van der Waals surface area contributed by atoms with Crippen LogP contribution in [0.25, 0.3) is 10.8 Å². The number of fused-ring (bicyclic) bond motifs is 3. The number of aromatic amines is 1. The van der Waals surface area contributed by atoms with Gasteiger partial charge in [-0.05, 0) is 61.1 Å². The van der Waals surface area contributed by atoms with Crippen molar-refractivity contribution >= 4 is 22.4 Å². The molecule has 2 bridgehead atoms. The van der Waals surface area contributed by atoms with Gasteiger partial charge in [-0.3, -0.25) is 4.79 Å². The van der Waals surface area contributed by atoms with Crippen LogP contribution in [-0.2, 0) is 0 Å². The number of pyridine rings is 1. The molecule has 0 radical (unpaired) electrons. The van der Waals surface area contributed by atoms with Crippen molar-refractivity contribution < 1.29 is 4.74 Å². The minimum atomic E-state index is -0.128. The van der Waals surface area contributed by atoms with Crippen LogP contribution in [0.15, 0.2) is 29.2 Å². The van der Waals surface area contributed by atoms with Gasteiger partial charge in [0.2, 0.25) is 0 Å². The van der Waals surface area contributed by atoms with Crippen LogP contribution in [0, 0.1) is 11.8 Å². The van der Waals surface area contributed by atoms with Gasteiger partial charge in [0.1, 0.15) is 11.9 Å². The summed E-state index contributed by atoms with van der Waals surface area (Å²) in [6.07, 6.45) is 7.54. The van der Waals surface area contributed by atoms with Gasteiger partial charge in [-0.1, -0.05) is 18.0 Å². The van der Waals surface area contributed by atoms with E-state index in [2.05, 4.69) is 4.98 Å². The second-order valence-electron chi connectivity index (χ2n) is 6.94. The number of nitrogens with one attached hydrogen (secondary N) is 1. The maximum absolute atomic E-state index is 11.9. The van der Waals surface area contributed by atoms with Gasteiger partial charge >= 0.3 is 0 Å². The van der Waals surface area contributed by atoms with Crippen LogP contribution in [0.1, 0.15) is 32.1 Å². The molecule has 122 valence electrons. The number of benzene rings is 1. The van der Waals surface area contributed by atoms with E-state index in [9.17, 15) is 4.79 Å². The van der Waals surface area contributed by atoms with Gasteiger partial charge in [0, 0.05) is 17.6 Å². The Morgan fingerprint density at radius 2 is 1.96 bits per heavy atom. The molecule has 2 aliphatic carbocycles. The third kappa shape index (κ3) is 2.74. The lowest BCUT2D eigenvalue weighted by Gasteiger charge is -2.44. The van der Waals surface area contributed by atoms with Crippen LogP contribution in [0.2, 0.25) is 5.02 Å². The molecule has 4 rings (SSSR count). The Morgan fingerprint density at radius 3 is 2.70 bits per heavy atom. The first-order chi connectivity index (χ1) is 11.1. The number of hydrogen-bond donors (Lipinski definition) is 2. The van der Waals surface area contributed by atoms with Crippen molar-refractivity contribution in [2.45, 2.75) is 44.2 Å². The van der Waals surface area contributed by atoms with E-state index in [1.54, 1.807) is 12.3 Å². The lowest BCUT2D eigenvalue weighted by atomic mass is 9.68. The molecular formula is C18H21ClN2O2. The number of ether oxygens (including phenoxy) is 1. The molecule has 0 spiro atoms. The number of rotatable bonds is 2. The quantitative estimate of drug-likeness (QED) is 0.884. The lowest BCUT2D eigenvalue weighted by molar-refractivity contribution is -0.00167. The second-order valence-corrected chi connectivity index (χ2v) is 7.35. The van der Waals surface area contributed by atoms with E-state index in [0.29, 0.717) is 34.0 Å². The minimum absolute atomic E-state index is 0.128. The van der Waals surface area contributed by atoms with Crippen molar-refractivity contribution in [1.82, 2.24) is 4.98 Å². The summed E-state index contributed by atoms with van der Waals surface area (Å²) >= 11 is 6.38. The molecule has 2 fully saturated rings.